The van der Waals surface area contributed by atoms with Gasteiger partial charge in [-0.15, -0.1) is 0 Å². The van der Waals surface area contributed by atoms with E-state index in [4.69, 9.17) is 20.8 Å². The molecule has 2 aromatic carbocycles. The quantitative estimate of drug-likeness (QED) is 0.727. The van der Waals surface area contributed by atoms with Gasteiger partial charge in [0.2, 0.25) is 5.91 Å². The highest BCUT2D eigenvalue weighted by atomic mass is 35.5. The number of oxazole rings is 1. The molecule has 0 aliphatic carbocycles. The van der Waals surface area contributed by atoms with Gasteiger partial charge >= 0.3 is 5.76 Å². The number of fused-ring (bicyclic) bond motifs is 1. The van der Waals surface area contributed by atoms with E-state index in [9.17, 15) is 9.59 Å². The van der Waals surface area contributed by atoms with Crippen molar-refractivity contribution in [1.29, 1.82) is 0 Å². The Balaban J connectivity index is 1.71. The van der Waals surface area contributed by atoms with Gasteiger partial charge < -0.3 is 14.5 Å². The first kappa shape index (κ1) is 17.1. The van der Waals surface area contributed by atoms with Gasteiger partial charge in [-0.2, -0.15) is 0 Å². The third-order valence-electron chi connectivity index (χ3n) is 3.65. The molecule has 0 aliphatic heterocycles. The summed E-state index contributed by atoms with van der Waals surface area (Å²) in [5, 5.41) is 3.29. The number of para-hydroxylation sites is 2. The topological polar surface area (TPSA) is 73.5 Å². The van der Waals surface area contributed by atoms with E-state index in [1.807, 2.05) is 19.1 Å². The Hall–Kier alpha value is -2.73. The van der Waals surface area contributed by atoms with Crippen molar-refractivity contribution in [3.8, 4) is 5.75 Å². The Morgan fingerprint density at radius 3 is 2.88 bits per heavy atom. The van der Waals surface area contributed by atoms with Gasteiger partial charge in [-0.3, -0.25) is 9.36 Å². The minimum Gasteiger partial charge on any atom is -0.492 e. The number of benzene rings is 2. The zero-order chi connectivity index (χ0) is 17.8. The molecule has 0 bridgehead atoms. The van der Waals surface area contributed by atoms with Crippen molar-refractivity contribution in [3.63, 3.8) is 0 Å². The van der Waals surface area contributed by atoms with Gasteiger partial charge in [-0.25, -0.2) is 4.79 Å². The van der Waals surface area contributed by atoms with Crippen LogP contribution in [0.3, 0.4) is 0 Å². The predicted molar refractivity (Wildman–Crippen MR) is 96.3 cm³/mol. The van der Waals surface area contributed by atoms with Gasteiger partial charge in [0.1, 0.15) is 5.75 Å². The highest BCUT2D eigenvalue weighted by Gasteiger charge is 2.12. The maximum absolute atomic E-state index is 12.2. The largest absolute Gasteiger partial charge is 0.492 e. The van der Waals surface area contributed by atoms with Crippen LogP contribution >= 0.6 is 11.6 Å². The first-order valence-electron chi connectivity index (χ1n) is 7.89. The molecule has 7 heteroatoms. The minimum absolute atomic E-state index is 0.123. The number of amides is 1. The summed E-state index contributed by atoms with van der Waals surface area (Å²) in [4.78, 5) is 24.2. The van der Waals surface area contributed by atoms with Crippen LogP contribution in [0.4, 0.5) is 5.69 Å². The van der Waals surface area contributed by atoms with Gasteiger partial charge in [0.05, 0.1) is 17.8 Å². The normalized spacial score (nSPS) is 10.8. The van der Waals surface area contributed by atoms with Crippen LogP contribution in [0, 0.1) is 0 Å². The van der Waals surface area contributed by atoms with Crippen LogP contribution in [0.5, 0.6) is 5.75 Å². The summed E-state index contributed by atoms with van der Waals surface area (Å²) in [6, 6.07) is 12.2. The molecule has 0 atom stereocenters. The second-order valence-electron chi connectivity index (χ2n) is 5.36. The fourth-order valence-electron chi connectivity index (χ4n) is 2.53. The lowest BCUT2D eigenvalue weighted by atomic mass is 10.2. The lowest BCUT2D eigenvalue weighted by molar-refractivity contribution is -0.116. The van der Waals surface area contributed by atoms with E-state index in [0.29, 0.717) is 34.2 Å². The molecule has 1 N–H and O–H groups in total. The van der Waals surface area contributed by atoms with Crippen LogP contribution < -0.4 is 15.8 Å². The smallest absolute Gasteiger partial charge is 0.419 e. The summed E-state index contributed by atoms with van der Waals surface area (Å²) in [6.07, 6.45) is 0.123. The van der Waals surface area contributed by atoms with Crippen molar-refractivity contribution in [2.45, 2.75) is 19.9 Å². The lowest BCUT2D eigenvalue weighted by Crippen LogP contribution is -2.20. The zero-order valence-electron chi connectivity index (χ0n) is 13.6. The summed E-state index contributed by atoms with van der Waals surface area (Å²) in [6.45, 7) is 2.59. The van der Waals surface area contributed by atoms with Crippen molar-refractivity contribution in [1.82, 2.24) is 4.57 Å². The van der Waals surface area contributed by atoms with Gasteiger partial charge in [0.25, 0.3) is 0 Å². The molecule has 0 fully saturated rings. The average molecular weight is 361 g/mol. The van der Waals surface area contributed by atoms with Crippen molar-refractivity contribution in [3.05, 3.63) is 58.0 Å². The molecular weight excluding hydrogens is 344 g/mol. The number of halogens is 1. The highest BCUT2D eigenvalue weighted by Crippen LogP contribution is 2.24. The molecular formula is C18H17ClN2O4. The van der Waals surface area contributed by atoms with E-state index in [0.717, 1.165) is 0 Å². The summed E-state index contributed by atoms with van der Waals surface area (Å²) >= 11 is 5.89. The third-order valence-corrected chi connectivity index (χ3v) is 3.89. The maximum atomic E-state index is 12.2. The van der Waals surface area contributed by atoms with Crippen molar-refractivity contribution in [2.75, 3.05) is 11.9 Å². The number of anilines is 1. The van der Waals surface area contributed by atoms with E-state index in [1.165, 1.54) is 4.57 Å². The molecule has 1 heterocycles. The molecule has 0 saturated carbocycles. The standard InChI is InChI=1S/C18H17ClN2O4/c1-2-24-15-6-4-3-5-13(15)20-17(22)9-10-21-14-8-7-12(19)11-16(14)25-18(21)23/h3-8,11H,2,9-10H2,1H3,(H,20,22). The second kappa shape index (κ2) is 7.44. The molecule has 6 nitrogen and oxygen atoms in total. The van der Waals surface area contributed by atoms with Gasteiger partial charge in [0.15, 0.2) is 5.58 Å². The highest BCUT2D eigenvalue weighted by molar-refractivity contribution is 6.31. The Morgan fingerprint density at radius 2 is 2.08 bits per heavy atom. The van der Waals surface area contributed by atoms with E-state index in [2.05, 4.69) is 5.32 Å². The number of hydrogen-bond acceptors (Lipinski definition) is 4. The minimum atomic E-state index is -0.514. The lowest BCUT2D eigenvalue weighted by Gasteiger charge is -2.11. The molecule has 0 radical (unpaired) electrons. The zero-order valence-corrected chi connectivity index (χ0v) is 14.4. The number of hydrogen-bond donors (Lipinski definition) is 1. The molecule has 1 aromatic heterocycles. The predicted octanol–water partition coefficient (Wildman–Crippen LogP) is 3.68. The molecule has 0 unspecified atom stereocenters. The van der Waals surface area contributed by atoms with E-state index < -0.39 is 5.76 Å². The first-order valence-corrected chi connectivity index (χ1v) is 8.27. The Morgan fingerprint density at radius 1 is 1.28 bits per heavy atom. The summed E-state index contributed by atoms with van der Waals surface area (Å²) in [5.74, 6) is -0.124. The monoisotopic (exact) mass is 360 g/mol. The van der Waals surface area contributed by atoms with Crippen LogP contribution in [0.15, 0.2) is 51.7 Å². The summed E-state index contributed by atoms with van der Waals surface area (Å²) in [7, 11) is 0. The maximum Gasteiger partial charge on any atom is 0.419 e. The molecule has 130 valence electrons. The number of aromatic nitrogens is 1. The second-order valence-corrected chi connectivity index (χ2v) is 5.80. The van der Waals surface area contributed by atoms with Crippen LogP contribution in [0.2, 0.25) is 5.02 Å². The summed E-state index contributed by atoms with van der Waals surface area (Å²) < 4.78 is 12.0. The molecule has 0 spiro atoms. The number of aryl methyl sites for hydroxylation is 1. The fraction of sp³-hybridized carbons (Fsp3) is 0.222. The van der Waals surface area contributed by atoms with E-state index in [1.54, 1.807) is 30.3 Å². The average Bonchev–Trinajstić information content (AvgIpc) is 2.89. The fourth-order valence-corrected chi connectivity index (χ4v) is 2.69. The van der Waals surface area contributed by atoms with Crippen LogP contribution in [-0.2, 0) is 11.3 Å². The molecule has 0 saturated heterocycles. The Bertz CT molecular complexity index is 961. The number of carbonyl (C=O) groups is 1. The van der Waals surface area contributed by atoms with Crippen molar-refractivity contribution in [2.24, 2.45) is 0 Å². The van der Waals surface area contributed by atoms with E-state index in [-0.39, 0.29) is 18.9 Å². The number of nitrogens with zero attached hydrogens (tertiary/aromatic N) is 1. The van der Waals surface area contributed by atoms with Crippen LogP contribution in [-0.4, -0.2) is 17.1 Å². The van der Waals surface area contributed by atoms with Crippen molar-refractivity contribution < 1.29 is 13.9 Å². The molecule has 3 rings (SSSR count). The first-order chi connectivity index (χ1) is 12.1. The number of carbonyl (C=O) groups excluding carboxylic acids is 1. The molecule has 1 amide bonds. The molecule has 25 heavy (non-hydrogen) atoms. The molecule has 3 aromatic rings. The number of nitrogens with one attached hydrogen (secondary N) is 1. The number of rotatable bonds is 6. The SMILES string of the molecule is CCOc1ccccc1NC(=O)CCn1c(=O)oc2cc(Cl)ccc21. The Kier molecular flexibility index (Phi) is 5.09. The van der Waals surface area contributed by atoms with Crippen molar-refractivity contribution >= 4 is 34.3 Å². The van der Waals surface area contributed by atoms with Gasteiger partial charge in [-0.1, -0.05) is 23.7 Å². The third kappa shape index (κ3) is 3.85. The van der Waals surface area contributed by atoms with Crippen LogP contribution in [0.25, 0.3) is 11.1 Å². The number of ether oxygens (including phenoxy) is 1. The van der Waals surface area contributed by atoms with Gasteiger partial charge in [0, 0.05) is 24.1 Å². The van der Waals surface area contributed by atoms with Gasteiger partial charge in [-0.05, 0) is 31.2 Å². The molecule has 0 aliphatic rings. The summed E-state index contributed by atoms with van der Waals surface area (Å²) in [5.41, 5.74) is 1.61. The van der Waals surface area contributed by atoms with E-state index >= 15 is 0 Å². The van der Waals surface area contributed by atoms with Crippen LogP contribution in [0.1, 0.15) is 13.3 Å². The Labute approximate surface area is 149 Å².